The first kappa shape index (κ1) is 19.1. The fourth-order valence-corrected chi connectivity index (χ4v) is 3.23. The maximum atomic E-state index is 11.8. The lowest BCUT2D eigenvalue weighted by Gasteiger charge is -2.26. The van der Waals surface area contributed by atoms with E-state index < -0.39 is 0 Å². The molecule has 3 aliphatic rings. The molecule has 2 aromatic rings. The molecule has 3 amide bonds. The van der Waals surface area contributed by atoms with Gasteiger partial charge < -0.3 is 20.1 Å². The number of nitrogen functional groups attached to an aromatic ring is 1. The Balaban J connectivity index is 0.000000142. The van der Waals surface area contributed by atoms with Crippen LogP contribution in [0.1, 0.15) is 20.7 Å². The smallest absolute Gasteiger partial charge is 0.261 e. The lowest BCUT2D eigenvalue weighted by atomic mass is 10.1. The van der Waals surface area contributed by atoms with Gasteiger partial charge in [-0.2, -0.15) is 0 Å². The highest BCUT2D eigenvalue weighted by atomic mass is 16.6. The normalized spacial score (nSPS) is 20.3. The van der Waals surface area contributed by atoms with Gasteiger partial charge in [0.25, 0.3) is 17.7 Å². The van der Waals surface area contributed by atoms with E-state index >= 15 is 0 Å². The second-order valence-corrected chi connectivity index (χ2v) is 6.91. The summed E-state index contributed by atoms with van der Waals surface area (Å²) in [5.74, 6) is -0.404. The molecule has 5 rings (SSSR count). The Morgan fingerprint density at radius 2 is 1.59 bits per heavy atom. The third kappa shape index (κ3) is 4.13. The van der Waals surface area contributed by atoms with Gasteiger partial charge in [-0.1, -0.05) is 12.1 Å². The molecule has 1 unspecified atom stereocenters. The molecule has 8 heteroatoms. The largest absolute Gasteiger partial charge is 0.399 e. The molecular weight excluding hydrogens is 374 g/mol. The maximum Gasteiger partial charge on any atom is 0.261 e. The molecule has 2 N–H and O–H groups in total. The average molecular weight is 395 g/mol. The summed E-state index contributed by atoms with van der Waals surface area (Å²) in [6, 6.07) is 14.2. The first-order valence-electron chi connectivity index (χ1n) is 9.35. The number of morpholine rings is 1. The molecule has 0 aromatic heterocycles. The van der Waals surface area contributed by atoms with Gasteiger partial charge >= 0.3 is 0 Å². The van der Waals surface area contributed by atoms with Crippen LogP contribution in [0.4, 0.5) is 11.4 Å². The van der Waals surface area contributed by atoms with E-state index in [0.29, 0.717) is 43.1 Å². The van der Waals surface area contributed by atoms with Crippen molar-refractivity contribution < 1.29 is 23.9 Å². The molecule has 8 nitrogen and oxygen atoms in total. The van der Waals surface area contributed by atoms with Crippen LogP contribution in [-0.2, 0) is 14.3 Å². The van der Waals surface area contributed by atoms with Gasteiger partial charge in [0.05, 0.1) is 37.0 Å². The lowest BCUT2D eigenvalue weighted by molar-refractivity contribution is -0.125. The van der Waals surface area contributed by atoms with Gasteiger partial charge in [-0.3, -0.25) is 19.3 Å². The summed E-state index contributed by atoms with van der Waals surface area (Å²) in [5, 5.41) is 0. The highest BCUT2D eigenvalue weighted by Gasteiger charge is 2.39. The van der Waals surface area contributed by atoms with Gasteiger partial charge in [-0.25, -0.2) is 0 Å². The van der Waals surface area contributed by atoms with Crippen molar-refractivity contribution in [2.45, 2.75) is 6.10 Å². The summed E-state index contributed by atoms with van der Waals surface area (Å²) in [6.45, 7) is 2.41. The van der Waals surface area contributed by atoms with E-state index in [1.54, 1.807) is 41.3 Å². The Hall–Kier alpha value is -3.23. The Morgan fingerprint density at radius 3 is 2.14 bits per heavy atom. The molecule has 0 bridgehead atoms. The van der Waals surface area contributed by atoms with Gasteiger partial charge in [0.2, 0.25) is 0 Å². The summed E-state index contributed by atoms with van der Waals surface area (Å²) < 4.78 is 10.1. The standard InChI is InChI=1S/C11H9NO3.C10H12N2O2/c13-10-8-3-1-2-4-9(8)11(14)12(10)5-7-6-15-7;11-8-1-3-9(4-2-8)12-5-6-14-7-10(12)13/h1-4,7H,5-6H2;1-4H,5-7,11H2. The van der Waals surface area contributed by atoms with Crippen molar-refractivity contribution in [3.8, 4) is 0 Å². The Bertz CT molecular complexity index is 905. The summed E-state index contributed by atoms with van der Waals surface area (Å²) in [7, 11) is 0. The molecule has 1 atom stereocenters. The molecular formula is C21H21N3O5. The number of nitrogens with zero attached hydrogens (tertiary/aromatic N) is 2. The van der Waals surface area contributed by atoms with Crippen LogP contribution in [0.15, 0.2) is 48.5 Å². The van der Waals surface area contributed by atoms with Gasteiger partial charge in [0.15, 0.2) is 0 Å². The third-order valence-corrected chi connectivity index (χ3v) is 4.86. The SMILES string of the molecule is Nc1ccc(N2CCOCC2=O)cc1.O=C1c2ccccc2C(=O)N1CC1CO1. The Kier molecular flexibility index (Phi) is 5.28. The van der Waals surface area contributed by atoms with Crippen molar-refractivity contribution in [1.82, 2.24) is 4.90 Å². The summed E-state index contributed by atoms with van der Waals surface area (Å²) >= 11 is 0. The van der Waals surface area contributed by atoms with Crippen molar-refractivity contribution >= 4 is 29.1 Å². The molecule has 2 fully saturated rings. The van der Waals surface area contributed by atoms with Gasteiger partial charge in [0, 0.05) is 17.9 Å². The summed E-state index contributed by atoms with van der Waals surface area (Å²) in [5.41, 5.74) is 8.15. The zero-order valence-electron chi connectivity index (χ0n) is 15.7. The number of imide groups is 1. The second kappa shape index (κ2) is 8.02. The number of epoxide rings is 1. The quantitative estimate of drug-likeness (QED) is 0.477. The molecule has 3 heterocycles. The van der Waals surface area contributed by atoms with E-state index in [0.717, 1.165) is 5.69 Å². The summed E-state index contributed by atoms with van der Waals surface area (Å²) in [4.78, 5) is 38.1. The number of carbonyl (C=O) groups excluding carboxylic acids is 3. The van der Waals surface area contributed by atoms with E-state index in [1.807, 2.05) is 12.1 Å². The van der Waals surface area contributed by atoms with Crippen LogP contribution in [0.2, 0.25) is 0 Å². The van der Waals surface area contributed by atoms with Gasteiger partial charge in [-0.05, 0) is 36.4 Å². The fourth-order valence-electron chi connectivity index (χ4n) is 3.23. The average Bonchev–Trinajstić information content (AvgIpc) is 3.53. The fraction of sp³-hybridized carbons (Fsp3) is 0.286. The van der Waals surface area contributed by atoms with Crippen LogP contribution in [-0.4, -0.2) is 61.6 Å². The zero-order valence-corrected chi connectivity index (χ0v) is 15.7. The Labute approximate surface area is 167 Å². The number of carbonyl (C=O) groups is 3. The minimum atomic E-state index is -0.203. The number of fused-ring (bicyclic) bond motifs is 1. The number of ether oxygens (including phenoxy) is 2. The van der Waals surface area contributed by atoms with Crippen LogP contribution < -0.4 is 10.6 Å². The van der Waals surface area contributed by atoms with Crippen LogP contribution in [0, 0.1) is 0 Å². The van der Waals surface area contributed by atoms with Crippen LogP contribution >= 0.6 is 0 Å². The van der Waals surface area contributed by atoms with E-state index in [2.05, 4.69) is 0 Å². The zero-order chi connectivity index (χ0) is 20.4. The molecule has 3 aliphatic heterocycles. The molecule has 2 saturated heterocycles. The summed E-state index contributed by atoms with van der Waals surface area (Å²) in [6.07, 6.45) is 0.0483. The monoisotopic (exact) mass is 395 g/mol. The molecule has 0 spiro atoms. The van der Waals surface area contributed by atoms with Crippen LogP contribution in [0.3, 0.4) is 0 Å². The number of amides is 3. The number of hydrogen-bond donors (Lipinski definition) is 1. The molecule has 29 heavy (non-hydrogen) atoms. The van der Waals surface area contributed by atoms with E-state index in [1.165, 1.54) is 4.90 Å². The van der Waals surface area contributed by atoms with E-state index in [-0.39, 0.29) is 30.4 Å². The predicted molar refractivity (Wildman–Crippen MR) is 106 cm³/mol. The minimum Gasteiger partial charge on any atom is -0.399 e. The van der Waals surface area contributed by atoms with Crippen LogP contribution in [0.25, 0.3) is 0 Å². The highest BCUT2D eigenvalue weighted by molar-refractivity contribution is 6.21. The van der Waals surface area contributed by atoms with Gasteiger partial charge in [0.1, 0.15) is 6.61 Å². The molecule has 0 saturated carbocycles. The van der Waals surface area contributed by atoms with Crippen molar-refractivity contribution in [2.75, 3.05) is 43.5 Å². The maximum absolute atomic E-state index is 11.8. The minimum absolute atomic E-state index is 0.000946. The van der Waals surface area contributed by atoms with Crippen molar-refractivity contribution in [1.29, 1.82) is 0 Å². The van der Waals surface area contributed by atoms with Gasteiger partial charge in [-0.15, -0.1) is 0 Å². The number of anilines is 2. The van der Waals surface area contributed by atoms with Crippen molar-refractivity contribution in [3.05, 3.63) is 59.7 Å². The highest BCUT2D eigenvalue weighted by Crippen LogP contribution is 2.24. The van der Waals surface area contributed by atoms with E-state index in [4.69, 9.17) is 15.2 Å². The topological polar surface area (TPSA) is 105 Å². The van der Waals surface area contributed by atoms with E-state index in [9.17, 15) is 14.4 Å². The predicted octanol–water partition coefficient (Wildman–Crippen LogP) is 1.31. The molecule has 0 radical (unpaired) electrons. The van der Waals surface area contributed by atoms with Crippen molar-refractivity contribution in [2.24, 2.45) is 0 Å². The number of hydrogen-bond acceptors (Lipinski definition) is 6. The van der Waals surface area contributed by atoms with Crippen LogP contribution in [0.5, 0.6) is 0 Å². The second-order valence-electron chi connectivity index (χ2n) is 6.91. The molecule has 0 aliphatic carbocycles. The van der Waals surface area contributed by atoms with Crippen molar-refractivity contribution in [3.63, 3.8) is 0 Å². The first-order valence-corrected chi connectivity index (χ1v) is 9.35. The number of rotatable bonds is 3. The lowest BCUT2D eigenvalue weighted by Crippen LogP contribution is -2.41. The number of benzene rings is 2. The molecule has 150 valence electrons. The molecule has 2 aromatic carbocycles. The Morgan fingerprint density at radius 1 is 0.966 bits per heavy atom. The first-order chi connectivity index (χ1) is 14.0. The number of nitrogens with two attached hydrogens (primary N) is 1. The third-order valence-electron chi connectivity index (χ3n) is 4.86.